The lowest BCUT2D eigenvalue weighted by Gasteiger charge is -2.36. The molecule has 3 fully saturated rings. The number of urea groups is 1. The van der Waals surface area contributed by atoms with Gasteiger partial charge in [-0.05, 0) is 45.2 Å². The number of piperidine rings is 1. The molecule has 7 heteroatoms. The van der Waals surface area contributed by atoms with Crippen LogP contribution in [0.1, 0.15) is 43.3 Å². The number of nitrogens with zero attached hydrogens (tertiary/aromatic N) is 4. The van der Waals surface area contributed by atoms with E-state index in [1.807, 2.05) is 4.90 Å². The zero-order chi connectivity index (χ0) is 15.1. The Kier molecular flexibility index (Phi) is 3.52. The maximum absolute atomic E-state index is 12.4. The number of aromatic nitrogens is 2. The van der Waals surface area contributed by atoms with E-state index in [4.69, 9.17) is 4.52 Å². The van der Waals surface area contributed by atoms with Gasteiger partial charge in [-0.1, -0.05) is 5.16 Å². The van der Waals surface area contributed by atoms with Crippen molar-refractivity contribution in [1.82, 2.24) is 25.3 Å². The number of amides is 2. The summed E-state index contributed by atoms with van der Waals surface area (Å²) in [6.07, 6.45) is 4.61. The number of fused-ring (bicyclic) bond motifs is 1. The summed E-state index contributed by atoms with van der Waals surface area (Å²) in [5.41, 5.74) is 0. The third-order valence-corrected chi connectivity index (χ3v) is 5.14. The Balaban J connectivity index is 1.33. The number of likely N-dealkylation sites (N-methyl/N-ethyl adjacent to an activating group) is 1. The van der Waals surface area contributed by atoms with Crippen LogP contribution in [-0.4, -0.2) is 58.7 Å². The van der Waals surface area contributed by atoms with E-state index in [0.29, 0.717) is 30.3 Å². The topological polar surface area (TPSA) is 74.5 Å². The minimum Gasteiger partial charge on any atom is -0.337 e. The first-order chi connectivity index (χ1) is 10.7. The standard InChI is InChI=1S/C15H23N5O2/c1-19-6-4-10-5-7-20(12(10)9-19)15(21)16-8-13-17-14(18-22-13)11-2-3-11/h10-12H,2-9H2,1H3,(H,16,21)/t10-,12-/m1/s1. The van der Waals surface area contributed by atoms with Crippen molar-refractivity contribution in [2.75, 3.05) is 26.7 Å². The van der Waals surface area contributed by atoms with Gasteiger partial charge in [-0.3, -0.25) is 0 Å². The van der Waals surface area contributed by atoms with Crippen molar-refractivity contribution in [1.29, 1.82) is 0 Å². The second-order valence-electron chi connectivity index (χ2n) is 6.84. The lowest BCUT2D eigenvalue weighted by atomic mass is 9.92. The van der Waals surface area contributed by atoms with Gasteiger partial charge in [0, 0.05) is 25.0 Å². The lowest BCUT2D eigenvalue weighted by molar-refractivity contribution is 0.130. The highest BCUT2D eigenvalue weighted by atomic mass is 16.5. The van der Waals surface area contributed by atoms with E-state index in [-0.39, 0.29) is 6.03 Å². The highest BCUT2D eigenvalue weighted by Gasteiger charge is 2.39. The summed E-state index contributed by atoms with van der Waals surface area (Å²) >= 11 is 0. The fourth-order valence-electron chi connectivity index (χ4n) is 3.65. The zero-order valence-electron chi connectivity index (χ0n) is 13.0. The van der Waals surface area contributed by atoms with Crippen molar-refractivity contribution in [3.8, 4) is 0 Å². The minimum absolute atomic E-state index is 0.00558. The molecule has 0 radical (unpaired) electrons. The first-order valence-electron chi connectivity index (χ1n) is 8.26. The van der Waals surface area contributed by atoms with Crippen molar-refractivity contribution in [2.24, 2.45) is 5.92 Å². The summed E-state index contributed by atoms with van der Waals surface area (Å²) in [4.78, 5) is 21.1. The van der Waals surface area contributed by atoms with Crippen LogP contribution in [0.5, 0.6) is 0 Å². The van der Waals surface area contributed by atoms with Gasteiger partial charge in [-0.25, -0.2) is 4.79 Å². The molecule has 3 heterocycles. The van der Waals surface area contributed by atoms with Crippen LogP contribution >= 0.6 is 0 Å². The van der Waals surface area contributed by atoms with Gasteiger partial charge in [-0.2, -0.15) is 4.98 Å². The van der Waals surface area contributed by atoms with Crippen LogP contribution in [0.15, 0.2) is 4.52 Å². The highest BCUT2D eigenvalue weighted by molar-refractivity contribution is 5.74. The lowest BCUT2D eigenvalue weighted by Crippen LogP contribution is -2.51. The maximum Gasteiger partial charge on any atom is 0.318 e. The molecular formula is C15H23N5O2. The second kappa shape index (κ2) is 5.53. The molecule has 1 saturated carbocycles. The molecule has 0 spiro atoms. The number of carbonyl (C=O) groups excluding carboxylic acids is 1. The summed E-state index contributed by atoms with van der Waals surface area (Å²) in [5.74, 6) is 2.43. The number of rotatable bonds is 3. The van der Waals surface area contributed by atoms with Crippen LogP contribution in [0.2, 0.25) is 0 Å². The molecule has 2 saturated heterocycles. The molecular weight excluding hydrogens is 282 g/mol. The average molecular weight is 305 g/mol. The molecule has 0 bridgehead atoms. The number of hydrogen-bond acceptors (Lipinski definition) is 5. The van der Waals surface area contributed by atoms with E-state index in [2.05, 4.69) is 27.4 Å². The summed E-state index contributed by atoms with van der Waals surface area (Å²) in [7, 11) is 2.13. The minimum atomic E-state index is -0.00558. The first kappa shape index (κ1) is 14.0. The summed E-state index contributed by atoms with van der Waals surface area (Å²) in [6, 6.07) is 0.345. The highest BCUT2D eigenvalue weighted by Crippen LogP contribution is 2.38. The van der Waals surface area contributed by atoms with Crippen molar-refractivity contribution in [2.45, 2.75) is 44.2 Å². The van der Waals surface area contributed by atoms with Gasteiger partial charge in [0.25, 0.3) is 0 Å². The molecule has 3 aliphatic rings. The molecule has 120 valence electrons. The van der Waals surface area contributed by atoms with E-state index < -0.39 is 0 Å². The first-order valence-corrected chi connectivity index (χ1v) is 8.26. The van der Waals surface area contributed by atoms with Crippen molar-refractivity contribution in [3.63, 3.8) is 0 Å². The van der Waals surface area contributed by atoms with Gasteiger partial charge in [0.1, 0.15) is 0 Å². The predicted octanol–water partition coefficient (Wildman–Crippen LogP) is 1.18. The van der Waals surface area contributed by atoms with Gasteiger partial charge < -0.3 is 19.6 Å². The molecule has 2 atom stereocenters. The Morgan fingerprint density at radius 1 is 1.32 bits per heavy atom. The quantitative estimate of drug-likeness (QED) is 0.908. The Bertz CT molecular complexity index is 556. The molecule has 22 heavy (non-hydrogen) atoms. The summed E-state index contributed by atoms with van der Waals surface area (Å²) in [5, 5.41) is 6.91. The van der Waals surface area contributed by atoms with Crippen molar-refractivity contribution in [3.05, 3.63) is 11.7 Å². The normalized spacial score (nSPS) is 28.7. The van der Waals surface area contributed by atoms with E-state index in [1.54, 1.807) is 0 Å². The number of nitrogens with one attached hydrogen (secondary N) is 1. The zero-order valence-corrected chi connectivity index (χ0v) is 13.0. The summed E-state index contributed by atoms with van der Waals surface area (Å²) < 4.78 is 5.20. The van der Waals surface area contributed by atoms with Crippen molar-refractivity contribution >= 4 is 6.03 Å². The van der Waals surface area contributed by atoms with Crippen LogP contribution < -0.4 is 5.32 Å². The van der Waals surface area contributed by atoms with Crippen LogP contribution in [0.3, 0.4) is 0 Å². The molecule has 2 amide bonds. The van der Waals surface area contributed by atoms with Crippen LogP contribution in [-0.2, 0) is 6.54 Å². The fraction of sp³-hybridized carbons (Fsp3) is 0.800. The van der Waals surface area contributed by atoms with Gasteiger partial charge in [0.05, 0.1) is 6.54 Å². The van der Waals surface area contributed by atoms with Gasteiger partial charge >= 0.3 is 6.03 Å². The molecule has 1 aromatic heterocycles. The van der Waals surface area contributed by atoms with Crippen LogP contribution in [0, 0.1) is 5.92 Å². The Hall–Kier alpha value is -1.63. The average Bonchev–Trinajstić information content (AvgIpc) is 3.11. The number of likely N-dealkylation sites (tertiary alicyclic amines) is 2. The fourth-order valence-corrected chi connectivity index (χ4v) is 3.65. The van der Waals surface area contributed by atoms with E-state index in [0.717, 1.165) is 44.7 Å². The largest absolute Gasteiger partial charge is 0.337 e. The van der Waals surface area contributed by atoms with E-state index >= 15 is 0 Å². The smallest absolute Gasteiger partial charge is 0.318 e. The van der Waals surface area contributed by atoms with Gasteiger partial charge in [0.15, 0.2) is 5.82 Å². The molecule has 1 aliphatic carbocycles. The number of carbonyl (C=O) groups is 1. The molecule has 1 N–H and O–H groups in total. The van der Waals surface area contributed by atoms with E-state index in [9.17, 15) is 4.79 Å². The molecule has 1 aromatic rings. The predicted molar refractivity (Wildman–Crippen MR) is 79.2 cm³/mol. The third kappa shape index (κ3) is 2.69. The molecule has 4 rings (SSSR count). The van der Waals surface area contributed by atoms with Gasteiger partial charge in [0.2, 0.25) is 5.89 Å². The molecule has 0 unspecified atom stereocenters. The maximum atomic E-state index is 12.4. The Morgan fingerprint density at radius 3 is 2.95 bits per heavy atom. The summed E-state index contributed by atoms with van der Waals surface area (Å²) in [6.45, 7) is 3.29. The Labute approximate surface area is 130 Å². The second-order valence-corrected chi connectivity index (χ2v) is 6.84. The third-order valence-electron chi connectivity index (χ3n) is 5.14. The molecule has 7 nitrogen and oxygen atoms in total. The van der Waals surface area contributed by atoms with Crippen LogP contribution in [0.4, 0.5) is 4.79 Å². The SMILES string of the molecule is CN1CC[C@@H]2CCN(C(=O)NCc3nc(C4CC4)no3)[C@@H]2C1. The molecule has 0 aromatic carbocycles. The molecule has 2 aliphatic heterocycles. The monoisotopic (exact) mass is 305 g/mol. The van der Waals surface area contributed by atoms with Gasteiger partial charge in [-0.15, -0.1) is 0 Å². The Morgan fingerprint density at radius 2 is 2.14 bits per heavy atom. The van der Waals surface area contributed by atoms with E-state index in [1.165, 1.54) is 6.42 Å². The van der Waals surface area contributed by atoms with Crippen LogP contribution in [0.25, 0.3) is 0 Å². The van der Waals surface area contributed by atoms with Crippen molar-refractivity contribution < 1.29 is 9.32 Å². The number of hydrogen-bond donors (Lipinski definition) is 1.